The summed E-state index contributed by atoms with van der Waals surface area (Å²) >= 11 is 0. The normalized spacial score (nSPS) is 14.9. The van der Waals surface area contributed by atoms with Crippen LogP contribution in [0.15, 0.2) is 30.3 Å². The van der Waals surface area contributed by atoms with Gasteiger partial charge in [-0.05, 0) is 24.3 Å². The van der Waals surface area contributed by atoms with Gasteiger partial charge >= 0.3 is 5.97 Å². The van der Waals surface area contributed by atoms with Gasteiger partial charge in [-0.1, -0.05) is 58.0 Å². The van der Waals surface area contributed by atoms with Crippen LogP contribution in [0.3, 0.4) is 0 Å². The third kappa shape index (κ3) is 3.86. The summed E-state index contributed by atoms with van der Waals surface area (Å²) in [5, 5.41) is 0. The fraction of sp³-hybridized carbons (Fsp3) is 0.562. The van der Waals surface area contributed by atoms with Crippen molar-refractivity contribution in [3.05, 3.63) is 35.9 Å². The molecule has 100 valence electrons. The highest BCUT2D eigenvalue weighted by Gasteiger charge is 2.27. The van der Waals surface area contributed by atoms with E-state index in [2.05, 4.69) is 20.8 Å². The van der Waals surface area contributed by atoms with E-state index in [0.717, 1.165) is 12.0 Å². The number of carbonyl (C=O) groups excluding carboxylic acids is 1. The van der Waals surface area contributed by atoms with Gasteiger partial charge in [0, 0.05) is 0 Å². The number of rotatable bonds is 4. The molecule has 0 fully saturated rings. The van der Waals surface area contributed by atoms with Crippen molar-refractivity contribution in [2.45, 2.75) is 53.1 Å². The van der Waals surface area contributed by atoms with E-state index in [1.165, 1.54) is 0 Å². The lowest BCUT2D eigenvalue weighted by Crippen LogP contribution is -2.30. The van der Waals surface area contributed by atoms with Gasteiger partial charge in [0.05, 0.1) is 5.92 Å². The summed E-state index contributed by atoms with van der Waals surface area (Å²) in [6.07, 6.45) is 0.683. The molecule has 1 aromatic carbocycles. The van der Waals surface area contributed by atoms with Crippen LogP contribution < -0.4 is 0 Å². The Bertz CT molecular complexity index is 376. The Morgan fingerprint density at radius 3 is 2.22 bits per heavy atom. The van der Waals surface area contributed by atoms with Gasteiger partial charge in [0.25, 0.3) is 0 Å². The summed E-state index contributed by atoms with van der Waals surface area (Å²) in [5.41, 5.74) is 1.01. The Kier molecular flexibility index (Phi) is 4.94. The highest BCUT2D eigenvalue weighted by molar-refractivity contribution is 5.78. The predicted molar refractivity (Wildman–Crippen MR) is 74.5 cm³/mol. The molecule has 0 heterocycles. The third-order valence-corrected chi connectivity index (χ3v) is 3.41. The largest absolute Gasteiger partial charge is 0.462 e. The molecular formula is C16H24O2. The molecule has 0 unspecified atom stereocenters. The lowest BCUT2D eigenvalue weighted by atomic mass is 9.90. The number of hydrogen-bond donors (Lipinski definition) is 0. The Morgan fingerprint density at radius 1 is 1.22 bits per heavy atom. The van der Waals surface area contributed by atoms with Gasteiger partial charge in [-0.15, -0.1) is 0 Å². The second kappa shape index (κ2) is 6.03. The predicted octanol–water partition coefficient (Wildman–Crippen LogP) is 4.16. The maximum atomic E-state index is 12.2. The van der Waals surface area contributed by atoms with Crippen LogP contribution >= 0.6 is 0 Å². The first-order valence-electron chi connectivity index (χ1n) is 6.61. The van der Waals surface area contributed by atoms with Crippen molar-refractivity contribution >= 4 is 5.97 Å². The zero-order chi connectivity index (χ0) is 13.8. The quantitative estimate of drug-likeness (QED) is 0.748. The van der Waals surface area contributed by atoms with Gasteiger partial charge < -0.3 is 4.74 Å². The smallest absolute Gasteiger partial charge is 0.313 e. The molecular weight excluding hydrogens is 224 g/mol. The van der Waals surface area contributed by atoms with Crippen LogP contribution in [0.25, 0.3) is 0 Å². The van der Waals surface area contributed by atoms with Crippen molar-refractivity contribution in [2.75, 3.05) is 0 Å². The summed E-state index contributed by atoms with van der Waals surface area (Å²) < 4.78 is 5.58. The van der Waals surface area contributed by atoms with Crippen LogP contribution in [-0.4, -0.2) is 12.1 Å². The fourth-order valence-corrected chi connectivity index (χ4v) is 1.66. The molecule has 1 rings (SSSR count). The average Bonchev–Trinajstić information content (AvgIpc) is 2.30. The number of ether oxygens (including phenoxy) is 1. The lowest BCUT2D eigenvalue weighted by molar-refractivity contribution is -0.155. The highest BCUT2D eigenvalue weighted by Crippen LogP contribution is 2.26. The second-order valence-corrected chi connectivity index (χ2v) is 5.82. The van der Waals surface area contributed by atoms with Gasteiger partial charge in [0.1, 0.15) is 6.10 Å². The Labute approximate surface area is 110 Å². The molecule has 0 N–H and O–H groups in total. The first-order chi connectivity index (χ1) is 8.36. The number of carbonyl (C=O) groups is 1. The highest BCUT2D eigenvalue weighted by atomic mass is 16.5. The minimum absolute atomic E-state index is 0.0232. The van der Waals surface area contributed by atoms with Crippen molar-refractivity contribution in [3.8, 4) is 0 Å². The summed E-state index contributed by atoms with van der Waals surface area (Å²) in [7, 11) is 0. The van der Waals surface area contributed by atoms with Crippen LogP contribution in [-0.2, 0) is 9.53 Å². The number of hydrogen-bond acceptors (Lipinski definition) is 2. The van der Waals surface area contributed by atoms with Crippen LogP contribution in [0.2, 0.25) is 0 Å². The first-order valence-corrected chi connectivity index (χ1v) is 6.61. The molecule has 2 atom stereocenters. The average molecular weight is 248 g/mol. The Morgan fingerprint density at radius 2 is 1.78 bits per heavy atom. The van der Waals surface area contributed by atoms with Crippen LogP contribution in [0.4, 0.5) is 0 Å². The summed E-state index contributed by atoms with van der Waals surface area (Å²) in [6.45, 7) is 10.2. The van der Waals surface area contributed by atoms with Gasteiger partial charge in [-0.3, -0.25) is 4.79 Å². The van der Waals surface area contributed by atoms with Crippen LogP contribution in [0, 0.1) is 5.41 Å². The topological polar surface area (TPSA) is 26.3 Å². The maximum Gasteiger partial charge on any atom is 0.313 e. The van der Waals surface area contributed by atoms with Gasteiger partial charge in [0.15, 0.2) is 0 Å². The zero-order valence-corrected chi connectivity index (χ0v) is 12.1. The van der Waals surface area contributed by atoms with E-state index in [4.69, 9.17) is 4.74 Å². The van der Waals surface area contributed by atoms with E-state index in [0.29, 0.717) is 0 Å². The summed E-state index contributed by atoms with van der Waals surface area (Å²) in [4.78, 5) is 12.2. The van der Waals surface area contributed by atoms with Crippen molar-refractivity contribution in [1.29, 1.82) is 0 Å². The Hall–Kier alpha value is -1.31. The van der Waals surface area contributed by atoms with E-state index >= 15 is 0 Å². The third-order valence-electron chi connectivity index (χ3n) is 3.41. The van der Waals surface area contributed by atoms with E-state index < -0.39 is 0 Å². The number of benzene rings is 1. The van der Waals surface area contributed by atoms with E-state index in [9.17, 15) is 4.79 Å². The van der Waals surface area contributed by atoms with Crippen LogP contribution in [0.5, 0.6) is 0 Å². The zero-order valence-electron chi connectivity index (χ0n) is 12.1. The fourth-order valence-electron chi connectivity index (χ4n) is 1.66. The monoisotopic (exact) mass is 248 g/mol. The molecule has 0 aliphatic carbocycles. The van der Waals surface area contributed by atoms with Gasteiger partial charge in [-0.25, -0.2) is 0 Å². The minimum atomic E-state index is -0.156. The van der Waals surface area contributed by atoms with E-state index in [1.54, 1.807) is 0 Å². The van der Waals surface area contributed by atoms with Crippen molar-refractivity contribution in [3.63, 3.8) is 0 Å². The molecule has 0 spiro atoms. The van der Waals surface area contributed by atoms with Crippen molar-refractivity contribution in [2.24, 2.45) is 5.41 Å². The lowest BCUT2D eigenvalue weighted by Gasteiger charge is -2.28. The molecule has 0 bridgehead atoms. The van der Waals surface area contributed by atoms with E-state index in [1.807, 2.05) is 44.2 Å². The van der Waals surface area contributed by atoms with Gasteiger partial charge in [-0.2, -0.15) is 0 Å². The summed E-state index contributed by atoms with van der Waals surface area (Å²) in [6, 6.07) is 9.84. The molecule has 0 aromatic heterocycles. The molecule has 18 heavy (non-hydrogen) atoms. The maximum absolute atomic E-state index is 12.2. The molecule has 2 nitrogen and oxygen atoms in total. The Balaban J connectivity index is 2.76. The number of esters is 1. The molecule has 0 aliphatic rings. The van der Waals surface area contributed by atoms with Crippen molar-refractivity contribution < 1.29 is 9.53 Å². The standard InChI is InChI=1S/C16H24O2/c1-6-14(13-10-8-7-9-11-13)15(17)18-12(2)16(3,4)5/h7-12,14H,6H2,1-5H3/t12-,14-/m0/s1. The van der Waals surface area contributed by atoms with E-state index in [-0.39, 0.29) is 23.4 Å². The minimum Gasteiger partial charge on any atom is -0.462 e. The molecule has 1 aromatic rings. The SMILES string of the molecule is CC[C@H](C(=O)O[C@@H](C)C(C)(C)C)c1ccccc1. The van der Waals surface area contributed by atoms with Crippen molar-refractivity contribution in [1.82, 2.24) is 0 Å². The van der Waals surface area contributed by atoms with Gasteiger partial charge in [0.2, 0.25) is 0 Å². The van der Waals surface area contributed by atoms with Crippen LogP contribution in [0.1, 0.15) is 52.5 Å². The molecule has 2 heteroatoms. The first kappa shape index (κ1) is 14.7. The molecule has 0 radical (unpaired) electrons. The molecule has 0 amide bonds. The molecule has 0 saturated carbocycles. The summed E-state index contributed by atoms with van der Waals surface area (Å²) in [5.74, 6) is -0.276. The molecule has 0 aliphatic heterocycles. The molecule has 0 saturated heterocycles. The second-order valence-electron chi connectivity index (χ2n) is 5.82.